The van der Waals surface area contributed by atoms with Crippen LogP contribution in [0.25, 0.3) is 10.9 Å². The fraction of sp³-hybridized carbons (Fsp3) is 0.250. The summed E-state index contributed by atoms with van der Waals surface area (Å²) in [5.74, 6) is 0.854. The molecule has 0 bridgehead atoms. The Labute approximate surface area is 157 Å². The van der Waals surface area contributed by atoms with Crippen molar-refractivity contribution in [3.05, 3.63) is 58.9 Å². The van der Waals surface area contributed by atoms with Gasteiger partial charge in [0, 0.05) is 18.8 Å². The molecular formula is C20H21NO5S. The van der Waals surface area contributed by atoms with Gasteiger partial charge in [0.05, 0.1) is 30.0 Å². The second-order valence-electron chi connectivity index (χ2n) is 6.06. The van der Waals surface area contributed by atoms with E-state index in [1.807, 2.05) is 6.92 Å². The number of aromatic nitrogens is 1. The molecular weight excluding hydrogens is 366 g/mol. The number of fused-ring (bicyclic) bond motifs is 1. The standard InChI is InChI=1S/C20H21NO5S/c1-4-10-21-13-19(27(23,24)14-8-6-5-7-9-14)20(22)15-11-17(25-2)18(26-3)12-16(15)21/h5-9,11-13H,4,10H2,1-3H3. The van der Waals surface area contributed by atoms with E-state index in [4.69, 9.17) is 9.47 Å². The number of methoxy groups -OCH3 is 2. The quantitative estimate of drug-likeness (QED) is 0.649. The first-order valence-electron chi connectivity index (χ1n) is 8.53. The highest BCUT2D eigenvalue weighted by Gasteiger charge is 2.24. The number of benzene rings is 2. The molecule has 0 N–H and O–H groups in total. The summed E-state index contributed by atoms with van der Waals surface area (Å²) in [7, 11) is -0.957. The average Bonchev–Trinajstić information content (AvgIpc) is 2.69. The number of sulfone groups is 1. The third-order valence-electron chi connectivity index (χ3n) is 4.36. The smallest absolute Gasteiger partial charge is 0.211 e. The highest BCUT2D eigenvalue weighted by atomic mass is 32.2. The van der Waals surface area contributed by atoms with Crippen molar-refractivity contribution >= 4 is 20.7 Å². The maximum absolute atomic E-state index is 13.1. The zero-order chi connectivity index (χ0) is 19.6. The van der Waals surface area contributed by atoms with Crippen LogP contribution >= 0.6 is 0 Å². The van der Waals surface area contributed by atoms with E-state index >= 15 is 0 Å². The minimum Gasteiger partial charge on any atom is -0.493 e. The van der Waals surface area contributed by atoms with E-state index < -0.39 is 15.3 Å². The topological polar surface area (TPSA) is 74.6 Å². The zero-order valence-corrected chi connectivity index (χ0v) is 16.2. The SMILES string of the molecule is CCCn1cc(S(=O)(=O)c2ccccc2)c(=O)c2cc(OC)c(OC)cc21. The maximum Gasteiger partial charge on any atom is 0.211 e. The van der Waals surface area contributed by atoms with Gasteiger partial charge in [-0.1, -0.05) is 25.1 Å². The normalized spacial score (nSPS) is 11.5. The van der Waals surface area contributed by atoms with Gasteiger partial charge < -0.3 is 14.0 Å². The minimum atomic E-state index is -3.94. The Bertz CT molecular complexity index is 1130. The van der Waals surface area contributed by atoms with Gasteiger partial charge in [0.2, 0.25) is 15.3 Å². The van der Waals surface area contributed by atoms with Crippen molar-refractivity contribution in [1.82, 2.24) is 4.57 Å². The van der Waals surface area contributed by atoms with E-state index in [-0.39, 0.29) is 15.2 Å². The van der Waals surface area contributed by atoms with Crippen molar-refractivity contribution in [2.75, 3.05) is 14.2 Å². The van der Waals surface area contributed by atoms with Gasteiger partial charge in [-0.3, -0.25) is 4.79 Å². The molecule has 27 heavy (non-hydrogen) atoms. The molecule has 0 aliphatic rings. The summed E-state index contributed by atoms with van der Waals surface area (Å²) in [6, 6.07) is 11.2. The van der Waals surface area contributed by atoms with E-state index in [1.165, 1.54) is 38.6 Å². The molecule has 0 amide bonds. The fourth-order valence-corrected chi connectivity index (χ4v) is 4.42. The van der Waals surface area contributed by atoms with E-state index in [9.17, 15) is 13.2 Å². The van der Waals surface area contributed by atoms with Gasteiger partial charge in [0.25, 0.3) is 0 Å². The molecule has 0 saturated carbocycles. The molecule has 1 heterocycles. The number of aryl methyl sites for hydroxylation is 1. The van der Waals surface area contributed by atoms with E-state index in [0.717, 1.165) is 6.42 Å². The predicted octanol–water partition coefficient (Wildman–Crippen LogP) is 3.26. The lowest BCUT2D eigenvalue weighted by Crippen LogP contribution is -2.19. The van der Waals surface area contributed by atoms with Crippen molar-refractivity contribution in [3.63, 3.8) is 0 Å². The van der Waals surface area contributed by atoms with Crippen LogP contribution in [0.15, 0.2) is 63.2 Å². The van der Waals surface area contributed by atoms with Crippen LogP contribution in [-0.4, -0.2) is 27.2 Å². The van der Waals surface area contributed by atoms with E-state index in [2.05, 4.69) is 0 Å². The lowest BCUT2D eigenvalue weighted by Gasteiger charge is -2.16. The number of ether oxygens (including phenoxy) is 2. The van der Waals surface area contributed by atoms with Crippen molar-refractivity contribution < 1.29 is 17.9 Å². The molecule has 2 aromatic carbocycles. The van der Waals surface area contributed by atoms with Crippen LogP contribution in [0, 0.1) is 0 Å². The Morgan fingerprint density at radius 2 is 1.63 bits per heavy atom. The summed E-state index contributed by atoms with van der Waals surface area (Å²) in [5, 5.41) is 0.276. The summed E-state index contributed by atoms with van der Waals surface area (Å²) in [4.78, 5) is 12.9. The largest absolute Gasteiger partial charge is 0.493 e. The van der Waals surface area contributed by atoms with Gasteiger partial charge in [0.1, 0.15) is 4.90 Å². The summed E-state index contributed by atoms with van der Waals surface area (Å²) >= 11 is 0. The Morgan fingerprint density at radius 3 is 2.22 bits per heavy atom. The molecule has 1 aromatic heterocycles. The highest BCUT2D eigenvalue weighted by Crippen LogP contribution is 2.32. The summed E-state index contributed by atoms with van der Waals surface area (Å²) < 4.78 is 38.5. The number of nitrogens with zero attached hydrogens (tertiary/aromatic N) is 1. The lowest BCUT2D eigenvalue weighted by molar-refractivity contribution is 0.355. The second-order valence-corrected chi connectivity index (χ2v) is 7.97. The molecule has 3 rings (SSSR count). The van der Waals surface area contributed by atoms with Gasteiger partial charge in [0.15, 0.2) is 11.5 Å². The van der Waals surface area contributed by atoms with Gasteiger partial charge in [-0.25, -0.2) is 8.42 Å². The van der Waals surface area contributed by atoms with E-state index in [0.29, 0.717) is 23.6 Å². The third-order valence-corrected chi connectivity index (χ3v) is 6.12. The first-order valence-corrected chi connectivity index (χ1v) is 10.0. The van der Waals surface area contributed by atoms with Crippen molar-refractivity contribution in [3.8, 4) is 11.5 Å². The average molecular weight is 387 g/mol. The lowest BCUT2D eigenvalue weighted by atomic mass is 10.1. The Morgan fingerprint density at radius 1 is 1.00 bits per heavy atom. The summed E-state index contributed by atoms with van der Waals surface area (Å²) in [6.45, 7) is 2.54. The zero-order valence-electron chi connectivity index (χ0n) is 15.4. The van der Waals surface area contributed by atoms with Gasteiger partial charge in [-0.2, -0.15) is 0 Å². The first-order chi connectivity index (χ1) is 12.9. The Hall–Kier alpha value is -2.80. The summed E-state index contributed by atoms with van der Waals surface area (Å²) in [6.07, 6.45) is 2.19. The van der Waals surface area contributed by atoms with Crippen LogP contribution < -0.4 is 14.9 Å². The molecule has 0 radical (unpaired) electrons. The third kappa shape index (κ3) is 3.30. The van der Waals surface area contributed by atoms with Crippen LogP contribution in [0.3, 0.4) is 0 Å². The van der Waals surface area contributed by atoms with Crippen LogP contribution in [-0.2, 0) is 16.4 Å². The summed E-state index contributed by atoms with van der Waals surface area (Å²) in [5.41, 5.74) is 0.0497. The molecule has 6 nitrogen and oxygen atoms in total. The van der Waals surface area contributed by atoms with Crippen molar-refractivity contribution in [2.45, 2.75) is 29.7 Å². The predicted molar refractivity (Wildman–Crippen MR) is 103 cm³/mol. The van der Waals surface area contributed by atoms with Crippen molar-refractivity contribution in [2.24, 2.45) is 0 Å². The molecule has 0 saturated heterocycles. The van der Waals surface area contributed by atoms with Crippen LogP contribution in [0.4, 0.5) is 0 Å². The molecule has 0 aliphatic heterocycles. The van der Waals surface area contributed by atoms with Crippen LogP contribution in [0.2, 0.25) is 0 Å². The Balaban J connectivity index is 2.39. The number of hydrogen-bond donors (Lipinski definition) is 0. The monoisotopic (exact) mass is 387 g/mol. The van der Waals surface area contributed by atoms with Crippen molar-refractivity contribution in [1.29, 1.82) is 0 Å². The van der Waals surface area contributed by atoms with Gasteiger partial charge >= 0.3 is 0 Å². The molecule has 0 atom stereocenters. The molecule has 142 valence electrons. The molecule has 0 fully saturated rings. The van der Waals surface area contributed by atoms with Gasteiger partial charge in [-0.15, -0.1) is 0 Å². The fourth-order valence-electron chi connectivity index (χ4n) is 3.03. The van der Waals surface area contributed by atoms with E-state index in [1.54, 1.807) is 28.8 Å². The minimum absolute atomic E-state index is 0.0879. The maximum atomic E-state index is 13.1. The number of pyridine rings is 1. The molecule has 3 aromatic rings. The number of hydrogen-bond acceptors (Lipinski definition) is 5. The van der Waals surface area contributed by atoms with Crippen LogP contribution in [0.5, 0.6) is 11.5 Å². The highest BCUT2D eigenvalue weighted by molar-refractivity contribution is 7.91. The second kappa shape index (κ2) is 7.44. The van der Waals surface area contributed by atoms with Gasteiger partial charge in [-0.05, 0) is 24.6 Å². The molecule has 0 spiro atoms. The Kier molecular flexibility index (Phi) is 5.23. The first kappa shape index (κ1) is 19.0. The molecule has 0 aliphatic carbocycles. The van der Waals surface area contributed by atoms with Crippen LogP contribution in [0.1, 0.15) is 13.3 Å². The molecule has 7 heteroatoms. The number of rotatable bonds is 6. The molecule has 0 unspecified atom stereocenters.